The predicted octanol–water partition coefficient (Wildman–Crippen LogP) is -6.31. The molecule has 4 saturated carbocycles. The van der Waals surface area contributed by atoms with E-state index in [0.717, 1.165) is 12.2 Å². The zero-order valence-corrected chi connectivity index (χ0v) is 52.5. The van der Waals surface area contributed by atoms with Crippen molar-refractivity contribution < 1.29 is 167 Å². The lowest BCUT2D eigenvalue weighted by Crippen LogP contribution is -2.65. The van der Waals surface area contributed by atoms with Gasteiger partial charge in [0, 0.05) is 38.7 Å². The Morgan fingerprint density at radius 2 is 1.06 bits per heavy atom. The number of hydrogen-bond acceptors (Lipinski definition) is 33. The summed E-state index contributed by atoms with van der Waals surface area (Å²) in [4.78, 5) is 50.4. The number of carboxylic acid groups (broad SMARTS) is 1. The number of aliphatic hydroxyl groups is 15. The second-order valence-corrected chi connectivity index (χ2v) is 26.3. The molecule has 95 heavy (non-hydrogen) atoms. The minimum absolute atomic E-state index is 0.00345. The second-order valence-electron chi connectivity index (χ2n) is 26.3. The number of carboxylic acids is 1. The maximum atomic E-state index is 13.7. The van der Waals surface area contributed by atoms with Crippen LogP contribution in [0.15, 0.2) is 24.3 Å². The summed E-state index contributed by atoms with van der Waals surface area (Å²) in [6.07, 6.45) is -36.9. The molecule has 0 aromatic carbocycles. The number of methoxy groups -OCH3 is 2. The van der Waals surface area contributed by atoms with Gasteiger partial charge in [0.05, 0.1) is 74.3 Å². The zero-order valence-electron chi connectivity index (χ0n) is 52.5. The van der Waals surface area contributed by atoms with E-state index in [1.54, 1.807) is 6.08 Å². The van der Waals surface area contributed by atoms with Crippen LogP contribution in [-0.4, -0.2) is 330 Å². The zero-order chi connectivity index (χ0) is 68.7. The third-order valence-corrected chi connectivity index (χ3v) is 19.8. The predicted molar refractivity (Wildman–Crippen MR) is 308 cm³/mol. The number of carbonyl (C=O) groups is 4. The van der Waals surface area contributed by atoms with E-state index < -0.39 is 252 Å². The molecule has 9 rings (SSSR count). The number of esters is 3. The fourth-order valence-electron chi connectivity index (χ4n) is 14.3. The first kappa shape index (κ1) is 75.5. The van der Waals surface area contributed by atoms with Crippen LogP contribution >= 0.6 is 0 Å². The van der Waals surface area contributed by atoms with Crippen LogP contribution in [-0.2, 0) is 85.5 Å². The molecular weight excluding hydrogens is 1280 g/mol. The molecule has 0 radical (unpaired) electrons. The number of fused-ring (bicyclic) bond motifs is 1. The van der Waals surface area contributed by atoms with Crippen LogP contribution in [0.1, 0.15) is 83.5 Å². The molecule has 34 heteroatoms. The topological polar surface area (TPSA) is 521 Å². The van der Waals surface area contributed by atoms with Gasteiger partial charge in [0.25, 0.3) is 0 Å². The Bertz CT molecular complexity index is 2510. The second kappa shape index (κ2) is 34.1. The highest BCUT2D eigenvalue weighted by molar-refractivity contribution is 5.90. The quantitative estimate of drug-likeness (QED) is 0.0196. The molecule has 5 aliphatic heterocycles. The maximum absolute atomic E-state index is 13.7. The van der Waals surface area contributed by atoms with E-state index in [4.69, 9.17) is 71.4 Å². The van der Waals surface area contributed by atoms with E-state index in [-0.39, 0.29) is 50.4 Å². The Hall–Kier alpha value is -3.68. The molecule has 5 heterocycles. The summed E-state index contributed by atoms with van der Waals surface area (Å²) in [5.41, 5.74) is 0. The molecule has 0 amide bonds. The van der Waals surface area contributed by atoms with Gasteiger partial charge in [-0.25, -0.2) is 9.59 Å². The van der Waals surface area contributed by atoms with Gasteiger partial charge in [-0.2, -0.15) is 0 Å². The van der Waals surface area contributed by atoms with Crippen molar-refractivity contribution in [2.45, 2.75) is 267 Å². The van der Waals surface area contributed by atoms with Gasteiger partial charge in [0.2, 0.25) is 0 Å². The van der Waals surface area contributed by atoms with E-state index in [2.05, 4.69) is 0 Å². The van der Waals surface area contributed by atoms with Crippen LogP contribution < -0.4 is 0 Å². The van der Waals surface area contributed by atoms with E-state index in [1.165, 1.54) is 20.3 Å². The van der Waals surface area contributed by atoms with Crippen molar-refractivity contribution in [3.8, 4) is 0 Å². The molecule has 5 saturated heterocycles. The van der Waals surface area contributed by atoms with Crippen molar-refractivity contribution in [3.05, 3.63) is 24.3 Å². The Morgan fingerprint density at radius 1 is 0.474 bits per heavy atom. The van der Waals surface area contributed by atoms with Gasteiger partial charge in [-0.1, -0.05) is 12.2 Å². The molecule has 34 nitrogen and oxygen atoms in total. The van der Waals surface area contributed by atoms with Gasteiger partial charge >= 0.3 is 23.9 Å². The molecule has 11 unspecified atom stereocenters. The Balaban J connectivity index is 0.949. The minimum Gasteiger partial charge on any atom is -0.481 e. The lowest BCUT2D eigenvalue weighted by molar-refractivity contribution is -0.373. The highest BCUT2D eigenvalue weighted by Crippen LogP contribution is 2.46. The van der Waals surface area contributed by atoms with Crippen molar-refractivity contribution in [2.75, 3.05) is 40.6 Å². The monoisotopic (exact) mass is 1370 g/mol. The number of carbonyl (C=O) groups excluding carboxylic acids is 3. The first-order valence-electron chi connectivity index (χ1n) is 32.4. The standard InChI is InChI=1S/C61H94O34/c1-82-35-13-25(14-36(83-2)46(35)73)6-12-43(70)94-56-45(72)32(66)21-86-60(56)95-57-52(79)49(76)40(22-84-42(69)11-5-24-3-8-28(9-4-24)87-58-53(80)50(77)47(74)38(20-62)91-58)93-61(57)90-37-18-29-33(88-55(37)26-7-10-30(64)31(65)15-26)16-27(63)17-34(29)89-59-54(81)51(78)48(75)39(92-59)23-85-44(71)19-41(67)68/h5-6,11-12,24-40,45-66,72-81H,3-4,7-10,13-23H2,1-2H3,(H,67,68)/t24?,25?,26?,27?,28?,29?,30?,31?,32-,33?,34?,35?,36?,37?,38-,39-,40-,45+,46?,47-,48-,49-,50+,51+,52+,53-,54-,55?,56-,57-,58-,59-,60+,61-/m1/s1. The van der Waals surface area contributed by atoms with Crippen LogP contribution in [0.4, 0.5) is 0 Å². The Morgan fingerprint density at radius 3 is 1.71 bits per heavy atom. The largest absolute Gasteiger partial charge is 0.481 e. The molecule has 9 fully saturated rings. The van der Waals surface area contributed by atoms with Gasteiger partial charge in [0.15, 0.2) is 31.3 Å². The van der Waals surface area contributed by atoms with Crippen molar-refractivity contribution in [3.63, 3.8) is 0 Å². The molecule has 0 bridgehead atoms. The van der Waals surface area contributed by atoms with Crippen molar-refractivity contribution in [1.29, 1.82) is 0 Å². The summed E-state index contributed by atoms with van der Waals surface area (Å²) in [5.74, 6) is -6.65. The molecule has 0 aromatic heterocycles. The van der Waals surface area contributed by atoms with Crippen LogP contribution in [0.5, 0.6) is 0 Å². The lowest BCUT2D eigenvalue weighted by Gasteiger charge is -2.53. The molecule has 4 aliphatic carbocycles. The number of hydrogen-bond donors (Lipinski definition) is 16. The fourth-order valence-corrected chi connectivity index (χ4v) is 14.3. The third kappa shape index (κ3) is 18.7. The molecule has 0 aromatic rings. The molecule has 542 valence electrons. The third-order valence-electron chi connectivity index (χ3n) is 19.8. The van der Waals surface area contributed by atoms with E-state index >= 15 is 0 Å². The summed E-state index contributed by atoms with van der Waals surface area (Å²) in [6, 6.07) is 0. The fraction of sp³-hybridized carbons (Fsp3) is 0.869. The SMILES string of the molecule is COC1CC(C=CC(=O)O[C@H]2[C@H](O[C@H]3[C@H](OC4CC5C(CC(O)CC5O[C@@H]5O[C@H](COC(=O)CC(=O)O)[C@@H](O)[C@H](O)[C@H]5O)OC4C4CCC(O)C(O)C4)O[C@H](COC(=O)C=CC4CCC(O[C@@H]5O[C@H](CO)[C@@H](O)[C@H](O)[C@H]5O)CC4)[C@@H](O)[C@@H]3O)OC[C@@H](O)[C@@H]2O)CC(OC)C1O. The van der Waals surface area contributed by atoms with Crippen molar-refractivity contribution >= 4 is 23.9 Å². The van der Waals surface area contributed by atoms with Gasteiger partial charge < -0.3 is 148 Å². The van der Waals surface area contributed by atoms with Gasteiger partial charge in [-0.05, 0) is 88.4 Å². The summed E-state index contributed by atoms with van der Waals surface area (Å²) < 4.78 is 83.0. The van der Waals surface area contributed by atoms with Crippen LogP contribution in [0.3, 0.4) is 0 Å². The van der Waals surface area contributed by atoms with E-state index in [9.17, 15) is 95.8 Å². The van der Waals surface area contributed by atoms with E-state index in [0.29, 0.717) is 38.5 Å². The first-order valence-corrected chi connectivity index (χ1v) is 32.4. The number of rotatable bonds is 23. The van der Waals surface area contributed by atoms with E-state index in [1.807, 2.05) is 0 Å². The average molecular weight is 1370 g/mol. The summed E-state index contributed by atoms with van der Waals surface area (Å²) in [7, 11) is 2.83. The van der Waals surface area contributed by atoms with Gasteiger partial charge in [-0.15, -0.1) is 0 Å². The molecule has 9 aliphatic rings. The maximum Gasteiger partial charge on any atom is 0.330 e. The first-order chi connectivity index (χ1) is 45.2. The Kier molecular flexibility index (Phi) is 27.1. The Labute approximate surface area is 545 Å². The van der Waals surface area contributed by atoms with Crippen LogP contribution in [0.2, 0.25) is 0 Å². The smallest absolute Gasteiger partial charge is 0.330 e. The molecule has 30 atom stereocenters. The van der Waals surface area contributed by atoms with Gasteiger partial charge in [-0.3, -0.25) is 9.59 Å². The normalized spacial score (nSPS) is 46.8. The molecule has 16 N–H and O–H groups in total. The molecule has 0 spiro atoms. The van der Waals surface area contributed by atoms with Crippen molar-refractivity contribution in [1.82, 2.24) is 0 Å². The van der Waals surface area contributed by atoms with Crippen LogP contribution in [0, 0.1) is 23.7 Å². The van der Waals surface area contributed by atoms with Gasteiger partial charge in [0.1, 0.15) is 111 Å². The summed E-state index contributed by atoms with van der Waals surface area (Å²) in [5, 5.41) is 173. The highest BCUT2D eigenvalue weighted by atomic mass is 16.8. The highest BCUT2D eigenvalue weighted by Gasteiger charge is 2.57. The summed E-state index contributed by atoms with van der Waals surface area (Å²) in [6.45, 7) is -2.76. The number of aliphatic carboxylic acids is 1. The molecular formula is C61H94O34. The minimum atomic E-state index is -2.08. The number of ether oxygens (including phenoxy) is 14. The summed E-state index contributed by atoms with van der Waals surface area (Å²) >= 11 is 0. The average Bonchev–Trinajstić information content (AvgIpc) is 0.766. The van der Waals surface area contributed by atoms with Crippen LogP contribution in [0.25, 0.3) is 0 Å². The number of allylic oxidation sites excluding steroid dienone is 2. The van der Waals surface area contributed by atoms with Crippen molar-refractivity contribution in [2.24, 2.45) is 23.7 Å². The lowest BCUT2D eigenvalue weighted by atomic mass is 9.72. The number of aliphatic hydroxyl groups excluding tert-OH is 15.